The molecule has 174 valence electrons. The third-order valence-electron chi connectivity index (χ3n) is 3.78. The molecule has 15 heteroatoms. The fourth-order valence-electron chi connectivity index (χ4n) is 2.18. The van der Waals surface area contributed by atoms with Crippen LogP contribution in [0.4, 0.5) is 0 Å². The highest BCUT2D eigenvalue weighted by Crippen LogP contribution is 2.01. The highest BCUT2D eigenvalue weighted by molar-refractivity contribution is 5.93. The average molecular weight is 446 g/mol. The molecule has 0 aromatic rings. The van der Waals surface area contributed by atoms with Gasteiger partial charge in [-0.3, -0.25) is 28.8 Å². The second kappa shape index (κ2) is 13.5. The molecule has 0 aliphatic rings. The summed E-state index contributed by atoms with van der Waals surface area (Å²) < 4.78 is 0. The van der Waals surface area contributed by atoms with Crippen LogP contribution in [0.1, 0.15) is 32.1 Å². The quantitative estimate of drug-likeness (QED) is 0.119. The maximum absolute atomic E-state index is 12.3. The van der Waals surface area contributed by atoms with E-state index in [1.807, 2.05) is 5.32 Å². The summed E-state index contributed by atoms with van der Waals surface area (Å²) in [7, 11) is 0. The van der Waals surface area contributed by atoms with Crippen molar-refractivity contribution in [1.29, 1.82) is 0 Å². The van der Waals surface area contributed by atoms with Gasteiger partial charge in [-0.1, -0.05) is 0 Å². The number of carbonyl (C=O) groups excluding carboxylic acids is 5. The Hall–Kier alpha value is -3.75. The van der Waals surface area contributed by atoms with E-state index in [9.17, 15) is 33.6 Å². The summed E-state index contributed by atoms with van der Waals surface area (Å²) in [4.78, 5) is 79.6. The number of hydrogen-bond acceptors (Lipinski definition) is 8. The lowest BCUT2D eigenvalue weighted by Crippen LogP contribution is -2.54. The Balaban J connectivity index is 4.95. The van der Waals surface area contributed by atoms with Gasteiger partial charge in [-0.15, -0.1) is 0 Å². The zero-order valence-electron chi connectivity index (χ0n) is 16.5. The fourth-order valence-corrected chi connectivity index (χ4v) is 2.18. The van der Waals surface area contributed by atoms with Crippen LogP contribution in [0.2, 0.25) is 0 Å². The molecule has 0 bridgehead atoms. The van der Waals surface area contributed by atoms with Crippen LogP contribution in [0.15, 0.2) is 0 Å². The second-order valence-corrected chi connectivity index (χ2v) is 6.45. The van der Waals surface area contributed by atoms with E-state index in [1.165, 1.54) is 0 Å². The largest absolute Gasteiger partial charge is 0.481 e. The van der Waals surface area contributed by atoms with E-state index in [0.29, 0.717) is 0 Å². The highest BCUT2D eigenvalue weighted by Gasteiger charge is 2.28. The minimum absolute atomic E-state index is 0.0527. The number of rotatable bonds is 15. The van der Waals surface area contributed by atoms with E-state index in [1.54, 1.807) is 0 Å². The smallest absolute Gasteiger partial charge is 0.326 e. The topological polar surface area (TPSA) is 274 Å². The molecule has 0 aliphatic carbocycles. The van der Waals surface area contributed by atoms with E-state index in [-0.39, 0.29) is 12.8 Å². The third-order valence-corrected chi connectivity index (χ3v) is 3.78. The zero-order chi connectivity index (χ0) is 24.1. The van der Waals surface area contributed by atoms with Crippen LogP contribution in [-0.2, 0) is 33.6 Å². The Kier molecular flexibility index (Phi) is 11.8. The van der Waals surface area contributed by atoms with Gasteiger partial charge in [-0.05, 0) is 12.8 Å². The molecule has 0 saturated carbocycles. The third kappa shape index (κ3) is 12.4. The number of nitrogens with two attached hydrogens (primary N) is 3. The summed E-state index contributed by atoms with van der Waals surface area (Å²) in [5.74, 6) is -7.25. The molecule has 5 amide bonds. The zero-order valence-corrected chi connectivity index (χ0v) is 16.5. The predicted molar refractivity (Wildman–Crippen MR) is 102 cm³/mol. The van der Waals surface area contributed by atoms with Crippen LogP contribution >= 0.6 is 0 Å². The van der Waals surface area contributed by atoms with Crippen molar-refractivity contribution in [2.75, 3.05) is 6.54 Å². The number of hydrogen-bond donors (Lipinski definition) is 8. The molecule has 3 atom stereocenters. The van der Waals surface area contributed by atoms with Crippen LogP contribution < -0.4 is 33.2 Å². The maximum Gasteiger partial charge on any atom is 0.326 e. The molecule has 0 saturated heterocycles. The molecular formula is C16H26N6O9. The minimum Gasteiger partial charge on any atom is -0.481 e. The fraction of sp³-hybridized carbons (Fsp3) is 0.562. The van der Waals surface area contributed by atoms with Crippen molar-refractivity contribution < 1.29 is 43.8 Å². The normalized spacial score (nSPS) is 13.2. The molecule has 0 aromatic heterocycles. The maximum atomic E-state index is 12.3. The van der Waals surface area contributed by atoms with Crippen molar-refractivity contribution in [3.63, 3.8) is 0 Å². The number of primary amides is 2. The summed E-state index contributed by atoms with van der Waals surface area (Å²) in [6.07, 6.45) is -1.87. The molecule has 0 rings (SSSR count). The molecular weight excluding hydrogens is 420 g/mol. The van der Waals surface area contributed by atoms with Gasteiger partial charge in [0.15, 0.2) is 0 Å². The average Bonchev–Trinajstić information content (AvgIpc) is 2.65. The van der Waals surface area contributed by atoms with E-state index in [2.05, 4.69) is 10.6 Å². The van der Waals surface area contributed by atoms with Gasteiger partial charge in [-0.25, -0.2) is 4.79 Å². The first kappa shape index (κ1) is 27.2. The van der Waals surface area contributed by atoms with Crippen LogP contribution in [0.5, 0.6) is 0 Å². The van der Waals surface area contributed by atoms with E-state index < -0.39 is 85.4 Å². The van der Waals surface area contributed by atoms with Crippen molar-refractivity contribution in [2.24, 2.45) is 17.2 Å². The Morgan fingerprint density at radius 3 is 1.87 bits per heavy atom. The summed E-state index contributed by atoms with van der Waals surface area (Å²) >= 11 is 0. The predicted octanol–water partition coefficient (Wildman–Crippen LogP) is -4.51. The van der Waals surface area contributed by atoms with Crippen LogP contribution in [0.3, 0.4) is 0 Å². The summed E-state index contributed by atoms with van der Waals surface area (Å²) in [6, 6.07) is -4.27. The van der Waals surface area contributed by atoms with Gasteiger partial charge in [0.2, 0.25) is 29.5 Å². The van der Waals surface area contributed by atoms with Crippen LogP contribution in [0.25, 0.3) is 0 Å². The number of carboxylic acids is 2. The van der Waals surface area contributed by atoms with Crippen LogP contribution in [-0.4, -0.2) is 76.4 Å². The molecule has 0 radical (unpaired) electrons. The van der Waals surface area contributed by atoms with Gasteiger partial charge in [0.05, 0.1) is 19.0 Å². The number of amides is 5. The van der Waals surface area contributed by atoms with Gasteiger partial charge in [0.25, 0.3) is 0 Å². The van der Waals surface area contributed by atoms with Crippen LogP contribution in [0, 0.1) is 0 Å². The van der Waals surface area contributed by atoms with E-state index in [4.69, 9.17) is 27.4 Å². The molecule has 0 aliphatic heterocycles. The Morgan fingerprint density at radius 1 is 0.774 bits per heavy atom. The molecule has 0 aromatic carbocycles. The minimum atomic E-state index is -1.68. The Morgan fingerprint density at radius 2 is 1.39 bits per heavy atom. The summed E-state index contributed by atoms with van der Waals surface area (Å²) in [5, 5.41) is 24.1. The molecule has 15 nitrogen and oxygen atoms in total. The molecule has 0 spiro atoms. The number of carboxylic acid groups (broad SMARTS) is 2. The lowest BCUT2D eigenvalue weighted by molar-refractivity contribution is -0.144. The first-order valence-corrected chi connectivity index (χ1v) is 8.97. The van der Waals surface area contributed by atoms with Crippen molar-refractivity contribution in [1.82, 2.24) is 16.0 Å². The molecule has 11 N–H and O–H groups in total. The molecule has 0 heterocycles. The van der Waals surface area contributed by atoms with Crippen molar-refractivity contribution in [3.05, 3.63) is 0 Å². The monoisotopic (exact) mass is 446 g/mol. The lowest BCUT2D eigenvalue weighted by Gasteiger charge is -2.21. The van der Waals surface area contributed by atoms with Gasteiger partial charge >= 0.3 is 11.9 Å². The number of carbonyl (C=O) groups is 7. The Bertz CT molecular complexity index is 726. The van der Waals surface area contributed by atoms with Crippen molar-refractivity contribution >= 4 is 41.5 Å². The number of aliphatic carboxylic acids is 2. The van der Waals surface area contributed by atoms with Gasteiger partial charge in [0.1, 0.15) is 12.1 Å². The molecule has 3 unspecified atom stereocenters. The first-order valence-electron chi connectivity index (χ1n) is 8.97. The standard InChI is InChI=1S/C16H26N6O9/c17-7(1-3-10(18)23)14(28)20-6-12(25)21-8(2-4-13(26)27)15(29)22-9(16(30)31)5-11(19)24/h7-9H,1-6,17H2,(H2,18,23)(H2,19,24)(H,20,28)(H,21,25)(H,22,29)(H,26,27)(H,30,31). The van der Waals surface area contributed by atoms with Gasteiger partial charge < -0.3 is 43.4 Å². The van der Waals surface area contributed by atoms with E-state index in [0.717, 1.165) is 0 Å². The van der Waals surface area contributed by atoms with Gasteiger partial charge in [0, 0.05) is 12.8 Å². The Labute approximate surface area is 176 Å². The number of nitrogens with one attached hydrogen (secondary N) is 3. The lowest BCUT2D eigenvalue weighted by atomic mass is 10.1. The van der Waals surface area contributed by atoms with Gasteiger partial charge in [-0.2, -0.15) is 0 Å². The highest BCUT2D eigenvalue weighted by atomic mass is 16.4. The first-order chi connectivity index (χ1) is 14.3. The summed E-state index contributed by atoms with van der Waals surface area (Å²) in [5.41, 5.74) is 15.4. The SMILES string of the molecule is NC(=O)CCC(N)C(=O)NCC(=O)NC(CCC(=O)O)C(=O)NC(CC(N)=O)C(=O)O. The second-order valence-electron chi connectivity index (χ2n) is 6.45. The van der Waals surface area contributed by atoms with Crippen molar-refractivity contribution in [3.8, 4) is 0 Å². The molecule has 0 fully saturated rings. The van der Waals surface area contributed by atoms with Crippen molar-refractivity contribution in [2.45, 2.75) is 50.2 Å². The molecule has 31 heavy (non-hydrogen) atoms. The summed E-state index contributed by atoms with van der Waals surface area (Å²) in [6.45, 7) is -0.635. The van der Waals surface area contributed by atoms with E-state index >= 15 is 0 Å².